The molecule has 0 radical (unpaired) electrons. The lowest BCUT2D eigenvalue weighted by molar-refractivity contribution is -0.150. The highest BCUT2D eigenvalue weighted by molar-refractivity contribution is 5.80. The molecule has 168 valence electrons. The number of aromatic nitrogens is 3. The van der Waals surface area contributed by atoms with Crippen LogP contribution in [0.1, 0.15) is 32.6 Å². The molecule has 2 aromatic heterocycles. The zero-order valence-electron chi connectivity index (χ0n) is 18.2. The minimum Gasteiger partial charge on any atom is -0.481 e. The monoisotopic (exact) mass is 445 g/mol. The maximum Gasteiger partial charge on any atom is 0.309 e. The van der Waals surface area contributed by atoms with E-state index >= 15 is 0 Å². The Morgan fingerprint density at radius 1 is 1.12 bits per heavy atom. The number of ether oxygens (including phenoxy) is 1. The molecule has 0 saturated heterocycles. The van der Waals surface area contributed by atoms with Crippen LogP contribution in [-0.4, -0.2) is 32.1 Å². The lowest BCUT2D eigenvalue weighted by Crippen LogP contribution is -2.36. The molecule has 0 spiro atoms. The Morgan fingerprint density at radius 3 is 2.55 bits per heavy atom. The summed E-state index contributed by atoms with van der Waals surface area (Å²) < 4.78 is 20.9. The van der Waals surface area contributed by atoms with Gasteiger partial charge in [-0.05, 0) is 68.5 Å². The normalized spacial score (nSPS) is 20.6. The lowest BCUT2D eigenvalue weighted by Gasteiger charge is -2.33. The molecule has 1 aliphatic rings. The molecule has 0 amide bonds. The van der Waals surface area contributed by atoms with E-state index in [9.17, 15) is 14.3 Å². The summed E-state index contributed by atoms with van der Waals surface area (Å²) in [6.45, 7) is 1.79. The lowest BCUT2D eigenvalue weighted by atomic mass is 9.75. The molecular formula is C26H24FN3O3. The Kier molecular flexibility index (Phi) is 5.32. The van der Waals surface area contributed by atoms with E-state index in [-0.39, 0.29) is 11.9 Å². The Morgan fingerprint density at radius 2 is 1.88 bits per heavy atom. The first-order valence-corrected chi connectivity index (χ1v) is 11.0. The van der Waals surface area contributed by atoms with E-state index in [2.05, 4.69) is 15.0 Å². The van der Waals surface area contributed by atoms with Crippen molar-refractivity contribution in [2.45, 2.75) is 38.7 Å². The fourth-order valence-electron chi connectivity index (χ4n) is 4.32. The van der Waals surface area contributed by atoms with Gasteiger partial charge in [0.15, 0.2) is 0 Å². The van der Waals surface area contributed by atoms with Gasteiger partial charge in [-0.2, -0.15) is 0 Å². The molecule has 0 bridgehead atoms. The van der Waals surface area contributed by atoms with Gasteiger partial charge in [-0.15, -0.1) is 0 Å². The number of imidazole rings is 1. The first-order valence-electron chi connectivity index (χ1n) is 11.0. The van der Waals surface area contributed by atoms with Crippen LogP contribution in [0.3, 0.4) is 0 Å². The van der Waals surface area contributed by atoms with Gasteiger partial charge >= 0.3 is 5.97 Å². The smallest absolute Gasteiger partial charge is 0.309 e. The van der Waals surface area contributed by atoms with Gasteiger partial charge < -0.3 is 14.8 Å². The van der Waals surface area contributed by atoms with Gasteiger partial charge in [0.05, 0.1) is 22.0 Å². The number of rotatable bonds is 5. The summed E-state index contributed by atoms with van der Waals surface area (Å²) >= 11 is 0. The van der Waals surface area contributed by atoms with Crippen molar-refractivity contribution in [2.75, 3.05) is 0 Å². The predicted octanol–water partition coefficient (Wildman–Crippen LogP) is 5.84. The third kappa shape index (κ3) is 4.18. The number of nitrogens with zero attached hydrogens (tertiary/aromatic N) is 2. The van der Waals surface area contributed by atoms with Crippen LogP contribution in [0.25, 0.3) is 33.5 Å². The molecule has 1 saturated carbocycles. The van der Waals surface area contributed by atoms with E-state index in [1.54, 1.807) is 25.3 Å². The summed E-state index contributed by atoms with van der Waals surface area (Å²) in [7, 11) is 0. The third-order valence-corrected chi connectivity index (χ3v) is 6.52. The number of hydrogen-bond donors (Lipinski definition) is 2. The zero-order valence-corrected chi connectivity index (χ0v) is 18.2. The minimum atomic E-state index is -0.748. The average Bonchev–Trinajstić information content (AvgIpc) is 3.25. The summed E-state index contributed by atoms with van der Waals surface area (Å²) in [5, 5.41) is 9.36. The Bertz CT molecular complexity index is 1280. The van der Waals surface area contributed by atoms with Crippen molar-refractivity contribution in [2.24, 2.45) is 5.41 Å². The standard InChI is InChI=1S/C26H24FN3O3/c1-26(25(31)32)12-10-18(11-13-26)33-23-9-7-17(15-28-23)16-6-8-19(20(27)14-16)24-29-21-4-2-3-5-22(21)30-24/h2-9,14-15,18H,10-13H2,1H3,(H,29,30)(H,31,32)/t18-,26+. The van der Waals surface area contributed by atoms with Gasteiger partial charge in [0.2, 0.25) is 5.88 Å². The van der Waals surface area contributed by atoms with Crippen LogP contribution in [0.5, 0.6) is 5.88 Å². The Balaban J connectivity index is 1.28. The van der Waals surface area contributed by atoms with Crippen LogP contribution >= 0.6 is 0 Å². The van der Waals surface area contributed by atoms with Gasteiger partial charge in [0.1, 0.15) is 17.7 Å². The number of aromatic amines is 1. The average molecular weight is 445 g/mol. The second-order valence-corrected chi connectivity index (χ2v) is 8.87. The van der Waals surface area contributed by atoms with Gasteiger partial charge in [0.25, 0.3) is 0 Å². The van der Waals surface area contributed by atoms with Crippen molar-refractivity contribution in [3.8, 4) is 28.4 Å². The Labute approximate surface area is 190 Å². The molecule has 1 fully saturated rings. The highest BCUT2D eigenvalue weighted by Crippen LogP contribution is 2.37. The summed E-state index contributed by atoms with van der Waals surface area (Å²) in [5.41, 5.74) is 2.88. The van der Waals surface area contributed by atoms with Crippen LogP contribution in [-0.2, 0) is 4.79 Å². The molecular weight excluding hydrogens is 421 g/mol. The van der Waals surface area contributed by atoms with Crippen LogP contribution < -0.4 is 4.74 Å². The summed E-state index contributed by atoms with van der Waals surface area (Å²) in [5.74, 6) is -0.131. The molecule has 4 aromatic rings. The quantitative estimate of drug-likeness (QED) is 0.403. The van der Waals surface area contributed by atoms with Crippen LogP contribution in [0.15, 0.2) is 60.8 Å². The minimum absolute atomic E-state index is 0.0451. The van der Waals surface area contributed by atoms with Gasteiger partial charge in [-0.25, -0.2) is 14.4 Å². The van der Waals surface area contributed by atoms with Gasteiger partial charge in [-0.1, -0.05) is 18.2 Å². The summed E-state index contributed by atoms with van der Waals surface area (Å²) in [6, 6.07) is 16.3. The molecule has 6 nitrogen and oxygen atoms in total. The number of benzene rings is 2. The van der Waals surface area contributed by atoms with Crippen LogP contribution in [0, 0.1) is 11.2 Å². The van der Waals surface area contributed by atoms with Crippen molar-refractivity contribution >= 4 is 17.0 Å². The second kappa shape index (κ2) is 8.31. The number of nitrogens with one attached hydrogen (secondary N) is 1. The molecule has 2 heterocycles. The largest absolute Gasteiger partial charge is 0.481 e. The fourth-order valence-corrected chi connectivity index (χ4v) is 4.32. The molecule has 0 atom stereocenters. The number of para-hydroxylation sites is 2. The number of aliphatic carboxylic acids is 1. The highest BCUT2D eigenvalue weighted by Gasteiger charge is 2.38. The SMILES string of the molecule is C[C@]1(C(=O)O)CC[C@@H](Oc2ccc(-c3ccc(-c4nc5ccccc5[nH]4)c(F)c3)cn2)CC1. The highest BCUT2D eigenvalue weighted by atomic mass is 19.1. The van der Waals surface area contributed by atoms with Crippen molar-refractivity contribution in [3.63, 3.8) is 0 Å². The maximum atomic E-state index is 14.9. The number of carbonyl (C=O) groups is 1. The number of pyridine rings is 1. The Hall–Kier alpha value is -3.74. The fraction of sp³-hybridized carbons (Fsp3) is 0.269. The van der Waals surface area contributed by atoms with E-state index in [1.807, 2.05) is 36.4 Å². The van der Waals surface area contributed by atoms with E-state index in [0.717, 1.165) is 16.6 Å². The summed E-state index contributed by atoms with van der Waals surface area (Å²) in [6.07, 6.45) is 4.15. The number of halogens is 1. The molecule has 2 aromatic carbocycles. The molecule has 0 aliphatic heterocycles. The van der Waals surface area contributed by atoms with E-state index < -0.39 is 11.4 Å². The number of fused-ring (bicyclic) bond motifs is 1. The molecule has 5 rings (SSSR count). The molecule has 7 heteroatoms. The van der Waals surface area contributed by atoms with Crippen LogP contribution in [0.4, 0.5) is 4.39 Å². The van der Waals surface area contributed by atoms with Crippen LogP contribution in [0.2, 0.25) is 0 Å². The number of hydrogen-bond acceptors (Lipinski definition) is 4. The number of carboxylic acid groups (broad SMARTS) is 1. The van der Waals surface area contributed by atoms with Crippen molar-refractivity contribution in [3.05, 3.63) is 66.6 Å². The molecule has 33 heavy (non-hydrogen) atoms. The molecule has 0 unspecified atom stereocenters. The van der Waals surface area contributed by atoms with E-state index in [1.165, 1.54) is 6.07 Å². The third-order valence-electron chi connectivity index (χ3n) is 6.52. The van der Waals surface area contributed by atoms with Crippen molar-refractivity contribution in [1.82, 2.24) is 15.0 Å². The molecule has 2 N–H and O–H groups in total. The second-order valence-electron chi connectivity index (χ2n) is 8.87. The molecule has 1 aliphatic carbocycles. The first-order chi connectivity index (χ1) is 15.9. The van der Waals surface area contributed by atoms with Gasteiger partial charge in [0, 0.05) is 17.8 Å². The predicted molar refractivity (Wildman–Crippen MR) is 123 cm³/mol. The number of H-pyrrole nitrogens is 1. The maximum absolute atomic E-state index is 14.9. The van der Waals surface area contributed by atoms with Crippen molar-refractivity contribution < 1.29 is 19.0 Å². The van der Waals surface area contributed by atoms with E-state index in [4.69, 9.17) is 4.74 Å². The number of carboxylic acids is 1. The van der Waals surface area contributed by atoms with Crippen molar-refractivity contribution in [1.29, 1.82) is 0 Å². The van der Waals surface area contributed by atoms with E-state index in [0.29, 0.717) is 48.5 Å². The summed E-state index contributed by atoms with van der Waals surface area (Å²) in [4.78, 5) is 23.4. The first kappa shape index (κ1) is 21.1. The van der Waals surface area contributed by atoms with Gasteiger partial charge in [-0.3, -0.25) is 4.79 Å². The zero-order chi connectivity index (χ0) is 23.0. The topological polar surface area (TPSA) is 88.1 Å².